The molecule has 0 amide bonds. The number of fused-ring (bicyclic) bond motifs is 6. The standard InChI is InChI=1S/C20H16/c1-3-7-17-13(5-1)11-15-9-10-16-12-14-6-2-4-8-18(14)20(16)19(15)17/h1-3,5-7,9-10H,4,8,11-12H2. The van der Waals surface area contributed by atoms with Crippen LogP contribution in [0.3, 0.4) is 0 Å². The van der Waals surface area contributed by atoms with Crippen LogP contribution in [0.2, 0.25) is 0 Å². The normalized spacial score (nSPS) is 17.8. The molecule has 0 atom stereocenters. The van der Waals surface area contributed by atoms with Gasteiger partial charge in [0.15, 0.2) is 0 Å². The van der Waals surface area contributed by atoms with E-state index >= 15 is 0 Å². The van der Waals surface area contributed by atoms with Gasteiger partial charge in [-0.2, -0.15) is 0 Å². The lowest BCUT2D eigenvalue weighted by molar-refractivity contribution is 1.04. The summed E-state index contributed by atoms with van der Waals surface area (Å²) < 4.78 is 0. The summed E-state index contributed by atoms with van der Waals surface area (Å²) in [4.78, 5) is 0. The molecule has 0 heteroatoms. The zero-order chi connectivity index (χ0) is 13.1. The van der Waals surface area contributed by atoms with E-state index in [0.717, 1.165) is 12.8 Å². The number of allylic oxidation sites excluding steroid dienone is 4. The molecule has 3 aliphatic rings. The summed E-state index contributed by atoms with van der Waals surface area (Å²) in [5, 5.41) is 0. The molecular weight excluding hydrogens is 240 g/mol. The van der Waals surface area contributed by atoms with Crippen LogP contribution >= 0.6 is 0 Å². The minimum absolute atomic E-state index is 1.11. The first-order valence-electron chi connectivity index (χ1n) is 7.54. The smallest absolute Gasteiger partial charge is 0.00132 e. The van der Waals surface area contributed by atoms with Crippen molar-refractivity contribution in [2.24, 2.45) is 0 Å². The van der Waals surface area contributed by atoms with E-state index in [2.05, 4.69) is 48.6 Å². The summed E-state index contributed by atoms with van der Waals surface area (Å²) in [6, 6.07) is 13.7. The van der Waals surface area contributed by atoms with Crippen molar-refractivity contribution in [1.29, 1.82) is 0 Å². The highest BCUT2D eigenvalue weighted by atomic mass is 14.3. The summed E-state index contributed by atoms with van der Waals surface area (Å²) in [6.07, 6.45) is 9.35. The van der Waals surface area contributed by atoms with E-state index in [0.29, 0.717) is 0 Å². The van der Waals surface area contributed by atoms with Crippen LogP contribution < -0.4 is 0 Å². The summed E-state index contributed by atoms with van der Waals surface area (Å²) in [7, 11) is 0. The summed E-state index contributed by atoms with van der Waals surface area (Å²) >= 11 is 0. The maximum Gasteiger partial charge on any atom is -0.00132 e. The van der Waals surface area contributed by atoms with Gasteiger partial charge in [0, 0.05) is 0 Å². The van der Waals surface area contributed by atoms with Crippen LogP contribution in [0.15, 0.2) is 54.1 Å². The zero-order valence-corrected chi connectivity index (χ0v) is 11.4. The molecule has 96 valence electrons. The third kappa shape index (κ3) is 1.27. The Morgan fingerprint density at radius 2 is 1.60 bits per heavy atom. The fourth-order valence-corrected chi connectivity index (χ4v) is 4.13. The van der Waals surface area contributed by atoms with E-state index in [1.165, 1.54) is 35.1 Å². The van der Waals surface area contributed by atoms with Gasteiger partial charge in [-0.3, -0.25) is 0 Å². The lowest BCUT2D eigenvalue weighted by Gasteiger charge is -2.14. The largest absolute Gasteiger partial charge is 0.0839 e. The third-order valence-electron chi connectivity index (χ3n) is 5.00. The average molecular weight is 256 g/mol. The van der Waals surface area contributed by atoms with Crippen molar-refractivity contribution in [3.8, 4) is 11.1 Å². The SMILES string of the molecule is C1=CC2=C(CC1)c1c(ccc3c1-c1ccccc1C3)C2. The van der Waals surface area contributed by atoms with Crippen LogP contribution in [-0.4, -0.2) is 0 Å². The molecule has 0 aromatic heterocycles. The molecular formula is C20H16. The van der Waals surface area contributed by atoms with E-state index in [4.69, 9.17) is 0 Å². The Labute approximate surface area is 119 Å². The zero-order valence-electron chi connectivity index (χ0n) is 11.4. The van der Waals surface area contributed by atoms with Gasteiger partial charge in [-0.25, -0.2) is 0 Å². The highest BCUT2D eigenvalue weighted by Crippen LogP contribution is 2.48. The molecule has 0 fully saturated rings. The average Bonchev–Trinajstić information content (AvgIpc) is 3.04. The van der Waals surface area contributed by atoms with Crippen LogP contribution in [0.25, 0.3) is 16.7 Å². The van der Waals surface area contributed by atoms with Gasteiger partial charge in [-0.15, -0.1) is 0 Å². The van der Waals surface area contributed by atoms with Crippen molar-refractivity contribution in [2.45, 2.75) is 25.7 Å². The van der Waals surface area contributed by atoms with E-state index in [1.54, 1.807) is 22.3 Å². The second kappa shape index (κ2) is 3.73. The van der Waals surface area contributed by atoms with Gasteiger partial charge in [0.25, 0.3) is 0 Å². The molecule has 0 nitrogen and oxygen atoms in total. The Kier molecular flexibility index (Phi) is 1.99. The van der Waals surface area contributed by atoms with Crippen molar-refractivity contribution in [3.63, 3.8) is 0 Å². The number of rotatable bonds is 0. The van der Waals surface area contributed by atoms with Crippen LogP contribution in [0.4, 0.5) is 0 Å². The number of hydrogen-bond acceptors (Lipinski definition) is 0. The molecule has 2 aromatic rings. The first kappa shape index (κ1) is 10.7. The summed E-state index contributed by atoms with van der Waals surface area (Å²) in [6.45, 7) is 0. The molecule has 0 N–H and O–H groups in total. The van der Waals surface area contributed by atoms with E-state index in [1.807, 2.05) is 0 Å². The van der Waals surface area contributed by atoms with E-state index < -0.39 is 0 Å². The maximum atomic E-state index is 2.37. The number of hydrogen-bond donors (Lipinski definition) is 0. The van der Waals surface area contributed by atoms with Gasteiger partial charge in [0.1, 0.15) is 0 Å². The molecule has 0 saturated heterocycles. The van der Waals surface area contributed by atoms with E-state index in [9.17, 15) is 0 Å². The molecule has 0 unspecified atom stereocenters. The van der Waals surface area contributed by atoms with Crippen molar-refractivity contribution in [1.82, 2.24) is 0 Å². The minimum Gasteiger partial charge on any atom is -0.0839 e. The highest BCUT2D eigenvalue weighted by molar-refractivity contribution is 5.93. The van der Waals surface area contributed by atoms with Crippen LogP contribution in [0.1, 0.15) is 35.1 Å². The monoisotopic (exact) mass is 256 g/mol. The van der Waals surface area contributed by atoms with Gasteiger partial charge < -0.3 is 0 Å². The molecule has 2 aromatic carbocycles. The summed E-state index contributed by atoms with van der Waals surface area (Å²) in [5.41, 5.74) is 12.3. The van der Waals surface area contributed by atoms with Crippen LogP contribution in [0.5, 0.6) is 0 Å². The predicted octanol–water partition coefficient (Wildman–Crippen LogP) is 4.92. The third-order valence-corrected chi connectivity index (χ3v) is 5.00. The molecule has 3 aliphatic carbocycles. The lowest BCUT2D eigenvalue weighted by Crippen LogP contribution is -1.92. The minimum atomic E-state index is 1.11. The van der Waals surface area contributed by atoms with Gasteiger partial charge in [-0.1, -0.05) is 48.6 Å². The van der Waals surface area contributed by atoms with Crippen molar-refractivity contribution >= 4 is 5.57 Å². The molecule has 0 radical (unpaired) electrons. The molecule has 0 spiro atoms. The lowest BCUT2D eigenvalue weighted by atomic mass is 9.90. The fraction of sp³-hybridized carbons (Fsp3) is 0.200. The molecule has 20 heavy (non-hydrogen) atoms. The van der Waals surface area contributed by atoms with E-state index in [-0.39, 0.29) is 0 Å². The molecule has 5 rings (SSSR count). The first-order chi connectivity index (χ1) is 9.92. The second-order valence-electron chi connectivity index (χ2n) is 6.09. The van der Waals surface area contributed by atoms with Crippen LogP contribution in [0, 0.1) is 0 Å². The highest BCUT2D eigenvalue weighted by Gasteiger charge is 2.29. The van der Waals surface area contributed by atoms with Gasteiger partial charge in [0.2, 0.25) is 0 Å². The Hall–Kier alpha value is -2.08. The van der Waals surface area contributed by atoms with Crippen LogP contribution in [-0.2, 0) is 12.8 Å². The van der Waals surface area contributed by atoms with Gasteiger partial charge >= 0.3 is 0 Å². The maximum absolute atomic E-state index is 2.37. The Morgan fingerprint density at radius 1 is 0.750 bits per heavy atom. The predicted molar refractivity (Wildman–Crippen MR) is 83.7 cm³/mol. The Balaban J connectivity index is 1.84. The second-order valence-corrected chi connectivity index (χ2v) is 6.09. The van der Waals surface area contributed by atoms with Gasteiger partial charge in [0.05, 0.1) is 0 Å². The number of benzene rings is 2. The molecule has 0 heterocycles. The van der Waals surface area contributed by atoms with Crippen molar-refractivity contribution < 1.29 is 0 Å². The first-order valence-corrected chi connectivity index (χ1v) is 7.54. The molecule has 0 saturated carbocycles. The Morgan fingerprint density at radius 3 is 2.55 bits per heavy atom. The van der Waals surface area contributed by atoms with Crippen molar-refractivity contribution in [3.05, 3.63) is 76.4 Å². The quantitative estimate of drug-likeness (QED) is 0.535. The van der Waals surface area contributed by atoms with Crippen molar-refractivity contribution in [2.75, 3.05) is 0 Å². The molecule has 0 bridgehead atoms. The summed E-state index contributed by atoms with van der Waals surface area (Å²) in [5.74, 6) is 0. The molecule has 0 aliphatic heterocycles. The fourth-order valence-electron chi connectivity index (χ4n) is 4.13. The Bertz CT molecular complexity index is 803. The topological polar surface area (TPSA) is 0 Å². The van der Waals surface area contributed by atoms with Gasteiger partial charge in [-0.05, 0) is 70.2 Å².